The highest BCUT2D eigenvalue weighted by Crippen LogP contribution is 2.24. The van der Waals surface area contributed by atoms with Crippen LogP contribution >= 0.6 is 0 Å². The van der Waals surface area contributed by atoms with Crippen LogP contribution in [0, 0.1) is 12.7 Å². The second-order valence-electron chi connectivity index (χ2n) is 4.63. The van der Waals surface area contributed by atoms with Gasteiger partial charge in [-0.05, 0) is 24.6 Å². The van der Waals surface area contributed by atoms with Crippen molar-refractivity contribution in [1.29, 1.82) is 0 Å². The van der Waals surface area contributed by atoms with Crippen LogP contribution in [0.15, 0.2) is 47.4 Å². The quantitative estimate of drug-likeness (QED) is 0.942. The molecule has 0 fully saturated rings. The van der Waals surface area contributed by atoms with Crippen molar-refractivity contribution >= 4 is 15.8 Å². The fraction of sp³-hybridized carbons (Fsp3) is 0.133. The molecular formula is C15H13FO4S. The second-order valence-corrected chi connectivity index (χ2v) is 6.59. The van der Waals surface area contributed by atoms with Gasteiger partial charge in [0.15, 0.2) is 9.84 Å². The van der Waals surface area contributed by atoms with Crippen molar-refractivity contribution in [2.75, 3.05) is 0 Å². The summed E-state index contributed by atoms with van der Waals surface area (Å²) in [6.07, 6.45) is 0. The molecule has 0 saturated carbocycles. The minimum absolute atomic E-state index is 0.0732. The van der Waals surface area contributed by atoms with E-state index in [1.54, 1.807) is 30.3 Å². The number of carboxylic acids is 1. The van der Waals surface area contributed by atoms with E-state index in [1.165, 1.54) is 6.92 Å². The first kappa shape index (κ1) is 15.2. The van der Waals surface area contributed by atoms with Gasteiger partial charge in [-0.1, -0.05) is 30.3 Å². The molecule has 0 aliphatic carbocycles. The number of carboxylic acid groups (broad SMARTS) is 1. The molecule has 0 aromatic heterocycles. The van der Waals surface area contributed by atoms with Crippen LogP contribution in [-0.4, -0.2) is 19.5 Å². The third-order valence-corrected chi connectivity index (χ3v) is 4.89. The van der Waals surface area contributed by atoms with Crippen LogP contribution in [0.1, 0.15) is 21.5 Å². The molecule has 110 valence electrons. The molecule has 0 radical (unpaired) electrons. The topological polar surface area (TPSA) is 71.4 Å². The number of halogens is 1. The first-order valence-corrected chi connectivity index (χ1v) is 7.76. The average Bonchev–Trinajstić information content (AvgIpc) is 2.41. The van der Waals surface area contributed by atoms with Gasteiger partial charge in [0, 0.05) is 5.56 Å². The van der Waals surface area contributed by atoms with E-state index in [9.17, 15) is 17.6 Å². The Morgan fingerprint density at radius 3 is 2.38 bits per heavy atom. The van der Waals surface area contributed by atoms with E-state index >= 15 is 0 Å². The zero-order valence-electron chi connectivity index (χ0n) is 11.2. The molecule has 0 heterocycles. The van der Waals surface area contributed by atoms with Gasteiger partial charge in [-0.3, -0.25) is 0 Å². The highest BCUT2D eigenvalue weighted by Gasteiger charge is 2.22. The zero-order valence-corrected chi connectivity index (χ0v) is 12.0. The summed E-state index contributed by atoms with van der Waals surface area (Å²) in [6, 6.07) is 10.3. The van der Waals surface area contributed by atoms with E-state index in [0.717, 1.165) is 12.1 Å². The minimum Gasteiger partial charge on any atom is -0.478 e. The maximum absolute atomic E-state index is 13.7. The molecule has 0 unspecified atom stereocenters. The third-order valence-electron chi connectivity index (χ3n) is 3.08. The molecule has 0 aliphatic rings. The van der Waals surface area contributed by atoms with Crippen LogP contribution in [-0.2, 0) is 15.6 Å². The highest BCUT2D eigenvalue weighted by atomic mass is 32.2. The Kier molecular flexibility index (Phi) is 4.09. The van der Waals surface area contributed by atoms with Crippen LogP contribution in [0.25, 0.3) is 0 Å². The van der Waals surface area contributed by atoms with Gasteiger partial charge in [0.25, 0.3) is 0 Å². The van der Waals surface area contributed by atoms with Gasteiger partial charge < -0.3 is 5.11 Å². The normalized spacial score (nSPS) is 11.3. The summed E-state index contributed by atoms with van der Waals surface area (Å²) in [4.78, 5) is 10.7. The lowest BCUT2D eigenvalue weighted by Crippen LogP contribution is -2.10. The highest BCUT2D eigenvalue weighted by molar-refractivity contribution is 7.90. The van der Waals surface area contributed by atoms with E-state index in [-0.39, 0.29) is 21.8 Å². The van der Waals surface area contributed by atoms with Gasteiger partial charge in [-0.15, -0.1) is 0 Å². The Bertz CT molecular complexity index is 783. The minimum atomic E-state index is -3.83. The summed E-state index contributed by atoms with van der Waals surface area (Å²) in [6.45, 7) is 1.32. The van der Waals surface area contributed by atoms with E-state index in [1.807, 2.05) is 0 Å². The lowest BCUT2D eigenvalue weighted by atomic mass is 10.1. The molecule has 21 heavy (non-hydrogen) atoms. The number of hydrogen-bond donors (Lipinski definition) is 1. The fourth-order valence-electron chi connectivity index (χ4n) is 1.97. The van der Waals surface area contributed by atoms with Crippen LogP contribution in [0.4, 0.5) is 4.39 Å². The van der Waals surface area contributed by atoms with Gasteiger partial charge in [0.1, 0.15) is 5.82 Å². The Hall–Kier alpha value is -2.21. The number of aromatic carboxylic acids is 1. The molecule has 0 bridgehead atoms. The van der Waals surface area contributed by atoms with E-state index in [0.29, 0.717) is 5.56 Å². The van der Waals surface area contributed by atoms with Crippen LogP contribution in [0.2, 0.25) is 0 Å². The predicted octanol–water partition coefficient (Wildman–Crippen LogP) is 2.81. The lowest BCUT2D eigenvalue weighted by molar-refractivity contribution is 0.0696. The van der Waals surface area contributed by atoms with Gasteiger partial charge in [-0.2, -0.15) is 0 Å². The van der Waals surface area contributed by atoms with Crippen LogP contribution in [0.5, 0.6) is 0 Å². The summed E-state index contributed by atoms with van der Waals surface area (Å²) in [5.74, 6) is -2.52. The maximum Gasteiger partial charge on any atom is 0.335 e. The molecule has 2 aromatic carbocycles. The van der Waals surface area contributed by atoms with Crippen molar-refractivity contribution in [1.82, 2.24) is 0 Å². The molecule has 1 N–H and O–H groups in total. The second kappa shape index (κ2) is 5.65. The zero-order chi connectivity index (χ0) is 15.6. The molecule has 0 atom stereocenters. The predicted molar refractivity (Wildman–Crippen MR) is 75.4 cm³/mol. The largest absolute Gasteiger partial charge is 0.478 e. The molecule has 2 aromatic rings. The van der Waals surface area contributed by atoms with Crippen molar-refractivity contribution in [2.45, 2.75) is 17.6 Å². The molecule has 6 heteroatoms. The standard InChI is InChI=1S/C15H13FO4S/c1-10-13(16)7-12(15(17)18)8-14(10)21(19,20)9-11-5-3-2-4-6-11/h2-8H,9H2,1H3,(H,17,18). The summed E-state index contributed by atoms with van der Waals surface area (Å²) >= 11 is 0. The molecule has 4 nitrogen and oxygen atoms in total. The Labute approximate surface area is 121 Å². The first-order valence-electron chi connectivity index (χ1n) is 6.11. The number of benzene rings is 2. The van der Waals surface area contributed by atoms with Gasteiger partial charge >= 0.3 is 5.97 Å². The summed E-state index contributed by atoms with van der Waals surface area (Å²) < 4.78 is 38.5. The Morgan fingerprint density at radius 2 is 1.81 bits per heavy atom. The Morgan fingerprint density at radius 1 is 1.19 bits per heavy atom. The fourth-order valence-corrected chi connectivity index (χ4v) is 3.63. The third kappa shape index (κ3) is 3.28. The average molecular weight is 308 g/mol. The number of sulfone groups is 1. The van der Waals surface area contributed by atoms with Crippen molar-refractivity contribution < 1.29 is 22.7 Å². The van der Waals surface area contributed by atoms with Gasteiger partial charge in [-0.25, -0.2) is 17.6 Å². The molecule has 0 aliphatic heterocycles. The molecular weight excluding hydrogens is 295 g/mol. The number of hydrogen-bond acceptors (Lipinski definition) is 3. The smallest absolute Gasteiger partial charge is 0.335 e. The van der Waals surface area contributed by atoms with Crippen molar-refractivity contribution in [3.63, 3.8) is 0 Å². The van der Waals surface area contributed by atoms with Crippen LogP contribution < -0.4 is 0 Å². The van der Waals surface area contributed by atoms with Gasteiger partial charge in [0.05, 0.1) is 16.2 Å². The molecule has 2 rings (SSSR count). The molecule has 0 amide bonds. The number of rotatable bonds is 4. The summed E-state index contributed by atoms with van der Waals surface area (Å²) in [7, 11) is -3.83. The summed E-state index contributed by atoms with van der Waals surface area (Å²) in [5, 5.41) is 8.92. The van der Waals surface area contributed by atoms with Gasteiger partial charge in [0.2, 0.25) is 0 Å². The summed E-state index contributed by atoms with van der Waals surface area (Å²) in [5.41, 5.74) is 0.0960. The van der Waals surface area contributed by atoms with E-state index < -0.39 is 21.6 Å². The molecule has 0 saturated heterocycles. The monoisotopic (exact) mass is 308 g/mol. The van der Waals surface area contributed by atoms with E-state index in [4.69, 9.17) is 5.11 Å². The van der Waals surface area contributed by atoms with Crippen molar-refractivity contribution in [2.24, 2.45) is 0 Å². The lowest BCUT2D eigenvalue weighted by Gasteiger charge is -2.10. The van der Waals surface area contributed by atoms with Crippen molar-refractivity contribution in [3.05, 3.63) is 65.0 Å². The first-order chi connectivity index (χ1) is 9.81. The Balaban J connectivity index is 2.52. The van der Waals surface area contributed by atoms with Crippen LogP contribution in [0.3, 0.4) is 0 Å². The van der Waals surface area contributed by atoms with Crippen molar-refractivity contribution in [3.8, 4) is 0 Å². The SMILES string of the molecule is Cc1c(F)cc(C(=O)O)cc1S(=O)(=O)Cc1ccccc1. The molecule has 0 spiro atoms. The maximum atomic E-state index is 13.7. The number of carbonyl (C=O) groups is 1. The van der Waals surface area contributed by atoms with E-state index in [2.05, 4.69) is 0 Å².